The lowest BCUT2D eigenvalue weighted by Gasteiger charge is -2.44. The summed E-state index contributed by atoms with van der Waals surface area (Å²) in [6.45, 7) is 5.36. The zero-order valence-corrected chi connectivity index (χ0v) is 12.1. The van der Waals surface area contributed by atoms with E-state index in [2.05, 4.69) is 21.2 Å². The Kier molecular flexibility index (Phi) is 3.58. The van der Waals surface area contributed by atoms with Crippen molar-refractivity contribution in [2.75, 3.05) is 18.1 Å². The number of morpholine rings is 1. The average Bonchev–Trinajstić information content (AvgIpc) is 2.49. The minimum Gasteiger partial charge on any atom is -0.374 e. The fourth-order valence-corrected chi connectivity index (χ4v) is 3.29. The van der Waals surface area contributed by atoms with Crippen LogP contribution < -0.4 is 4.90 Å². The van der Waals surface area contributed by atoms with Crippen LogP contribution in [0.25, 0.3) is 0 Å². The Bertz CT molecular complexity index is 550. The normalized spacial score (nSPS) is 25.9. The van der Waals surface area contributed by atoms with Gasteiger partial charge in [0, 0.05) is 6.54 Å². The Morgan fingerprint density at radius 1 is 1.25 bits per heavy atom. The molecule has 0 spiro atoms. The number of ether oxygens (including phenoxy) is 1. The number of fused-ring (bicyclic) bond motifs is 1. The van der Waals surface area contributed by atoms with Crippen LogP contribution >= 0.6 is 0 Å². The maximum absolute atomic E-state index is 9.47. The van der Waals surface area contributed by atoms with Crippen LogP contribution in [0.5, 0.6) is 0 Å². The minimum atomic E-state index is 0.285. The molecule has 20 heavy (non-hydrogen) atoms. The van der Waals surface area contributed by atoms with E-state index in [-0.39, 0.29) is 6.10 Å². The van der Waals surface area contributed by atoms with Crippen LogP contribution in [0, 0.1) is 25.2 Å². The molecule has 5 heteroatoms. The first-order valence-electron chi connectivity index (χ1n) is 7.34. The summed E-state index contributed by atoms with van der Waals surface area (Å²) < 4.78 is 5.89. The lowest BCUT2D eigenvalue weighted by atomic mass is 9.90. The van der Waals surface area contributed by atoms with E-state index >= 15 is 0 Å². The first-order chi connectivity index (χ1) is 9.72. The van der Waals surface area contributed by atoms with Crippen molar-refractivity contribution in [2.45, 2.75) is 51.7 Å². The van der Waals surface area contributed by atoms with Crippen LogP contribution in [-0.2, 0) is 4.74 Å². The summed E-state index contributed by atoms with van der Waals surface area (Å²) in [6, 6.07) is 2.66. The molecule has 1 aromatic heterocycles. The molecule has 3 rings (SSSR count). The summed E-state index contributed by atoms with van der Waals surface area (Å²) in [5.74, 6) is 0.746. The van der Waals surface area contributed by atoms with Gasteiger partial charge in [-0.25, -0.2) is 0 Å². The van der Waals surface area contributed by atoms with E-state index in [1.54, 1.807) is 0 Å². The molecule has 1 aliphatic carbocycles. The van der Waals surface area contributed by atoms with Gasteiger partial charge in [0.1, 0.15) is 11.6 Å². The highest BCUT2D eigenvalue weighted by Crippen LogP contribution is 2.33. The first-order valence-corrected chi connectivity index (χ1v) is 7.34. The maximum atomic E-state index is 9.47. The third-order valence-corrected chi connectivity index (χ3v) is 4.55. The molecule has 0 aromatic carbocycles. The van der Waals surface area contributed by atoms with Gasteiger partial charge in [-0.05, 0) is 32.3 Å². The number of hydrogen-bond donors (Lipinski definition) is 0. The molecule has 1 saturated carbocycles. The molecule has 106 valence electrons. The predicted octanol–water partition coefficient (Wildman–Crippen LogP) is 2.11. The highest BCUT2D eigenvalue weighted by molar-refractivity contribution is 5.58. The average molecular weight is 272 g/mol. The molecule has 2 heterocycles. The molecule has 1 aromatic rings. The van der Waals surface area contributed by atoms with Gasteiger partial charge in [-0.1, -0.05) is 12.8 Å². The van der Waals surface area contributed by atoms with Gasteiger partial charge in [0.2, 0.25) is 0 Å². The van der Waals surface area contributed by atoms with Crippen LogP contribution in [0.4, 0.5) is 5.82 Å². The molecule has 2 atom stereocenters. The summed E-state index contributed by atoms with van der Waals surface area (Å²) in [5, 5.41) is 18.0. The van der Waals surface area contributed by atoms with Crippen LogP contribution in [-0.4, -0.2) is 35.5 Å². The van der Waals surface area contributed by atoms with Crippen molar-refractivity contribution in [1.82, 2.24) is 10.2 Å². The van der Waals surface area contributed by atoms with E-state index in [1.165, 1.54) is 12.8 Å². The number of nitriles is 1. The van der Waals surface area contributed by atoms with Gasteiger partial charge in [0.15, 0.2) is 5.82 Å². The van der Waals surface area contributed by atoms with Gasteiger partial charge in [0.25, 0.3) is 0 Å². The van der Waals surface area contributed by atoms with Gasteiger partial charge >= 0.3 is 0 Å². The second kappa shape index (κ2) is 5.37. The van der Waals surface area contributed by atoms with E-state index in [4.69, 9.17) is 4.74 Å². The van der Waals surface area contributed by atoms with Gasteiger partial charge in [-0.3, -0.25) is 0 Å². The molecule has 0 bridgehead atoms. The van der Waals surface area contributed by atoms with Gasteiger partial charge in [0.05, 0.1) is 24.4 Å². The first kappa shape index (κ1) is 13.3. The van der Waals surface area contributed by atoms with Crippen molar-refractivity contribution in [3.63, 3.8) is 0 Å². The number of aromatic nitrogens is 2. The quantitative estimate of drug-likeness (QED) is 0.783. The van der Waals surface area contributed by atoms with Gasteiger partial charge in [-0.15, -0.1) is 5.10 Å². The monoisotopic (exact) mass is 272 g/mol. The van der Waals surface area contributed by atoms with Crippen molar-refractivity contribution in [2.24, 2.45) is 0 Å². The molecular weight excluding hydrogens is 252 g/mol. The zero-order chi connectivity index (χ0) is 14.1. The van der Waals surface area contributed by atoms with Crippen molar-refractivity contribution < 1.29 is 4.74 Å². The third-order valence-electron chi connectivity index (χ3n) is 4.55. The molecular formula is C15H20N4O. The molecule has 1 saturated heterocycles. The Balaban J connectivity index is 1.99. The molecule has 0 N–H and O–H groups in total. The largest absolute Gasteiger partial charge is 0.374 e. The van der Waals surface area contributed by atoms with Crippen LogP contribution in [0.3, 0.4) is 0 Å². The number of nitrogens with zero attached hydrogens (tertiary/aromatic N) is 4. The van der Waals surface area contributed by atoms with E-state index < -0.39 is 0 Å². The van der Waals surface area contributed by atoms with Gasteiger partial charge in [-0.2, -0.15) is 10.4 Å². The van der Waals surface area contributed by atoms with Crippen molar-refractivity contribution in [3.05, 3.63) is 16.8 Å². The predicted molar refractivity (Wildman–Crippen MR) is 75.6 cm³/mol. The summed E-state index contributed by atoms with van der Waals surface area (Å²) in [4.78, 5) is 2.26. The topological polar surface area (TPSA) is 62.0 Å². The lowest BCUT2D eigenvalue weighted by molar-refractivity contribution is -0.00907. The van der Waals surface area contributed by atoms with E-state index in [9.17, 15) is 5.26 Å². The Labute approximate surface area is 119 Å². The molecule has 2 aliphatic rings. The van der Waals surface area contributed by atoms with Crippen molar-refractivity contribution in [3.8, 4) is 6.07 Å². The van der Waals surface area contributed by atoms with Crippen molar-refractivity contribution >= 4 is 5.82 Å². The van der Waals surface area contributed by atoms with Crippen LogP contribution in [0.2, 0.25) is 0 Å². The number of rotatable bonds is 1. The van der Waals surface area contributed by atoms with E-state index in [1.807, 2.05) is 13.8 Å². The molecule has 0 amide bonds. The van der Waals surface area contributed by atoms with Gasteiger partial charge < -0.3 is 9.64 Å². The smallest absolute Gasteiger partial charge is 0.169 e. The van der Waals surface area contributed by atoms with Crippen LogP contribution in [0.1, 0.15) is 42.5 Å². The second-order valence-corrected chi connectivity index (χ2v) is 5.68. The fourth-order valence-electron chi connectivity index (χ4n) is 3.29. The zero-order valence-electron chi connectivity index (χ0n) is 12.1. The fraction of sp³-hybridized carbons (Fsp3) is 0.667. The standard InChI is InChI=1S/C15H20N4O/c1-10-11(2)17-18-15(12(10)9-16)19-7-8-20-14-6-4-3-5-13(14)19/h13-14H,3-8H2,1-2H3. The number of hydrogen-bond acceptors (Lipinski definition) is 5. The lowest BCUT2D eigenvalue weighted by Crippen LogP contribution is -2.53. The number of anilines is 1. The highest BCUT2D eigenvalue weighted by atomic mass is 16.5. The Morgan fingerprint density at radius 3 is 2.85 bits per heavy atom. The van der Waals surface area contributed by atoms with Crippen LogP contribution in [0.15, 0.2) is 0 Å². The molecule has 1 aliphatic heterocycles. The van der Waals surface area contributed by atoms with E-state index in [0.717, 1.165) is 36.5 Å². The Morgan fingerprint density at radius 2 is 2.05 bits per heavy atom. The maximum Gasteiger partial charge on any atom is 0.169 e. The highest BCUT2D eigenvalue weighted by Gasteiger charge is 2.36. The van der Waals surface area contributed by atoms with E-state index in [0.29, 0.717) is 18.2 Å². The SMILES string of the molecule is Cc1nnc(N2CCOC3CCCCC32)c(C#N)c1C. The number of aryl methyl sites for hydroxylation is 1. The van der Waals surface area contributed by atoms with Crippen molar-refractivity contribution in [1.29, 1.82) is 5.26 Å². The second-order valence-electron chi connectivity index (χ2n) is 5.68. The minimum absolute atomic E-state index is 0.285. The molecule has 5 nitrogen and oxygen atoms in total. The summed E-state index contributed by atoms with van der Waals surface area (Å²) in [6.07, 6.45) is 4.97. The third kappa shape index (κ3) is 2.14. The summed E-state index contributed by atoms with van der Waals surface area (Å²) in [5.41, 5.74) is 2.44. The molecule has 0 radical (unpaired) electrons. The molecule has 2 fully saturated rings. The summed E-state index contributed by atoms with van der Waals surface area (Å²) in [7, 11) is 0. The Hall–Kier alpha value is -1.67. The molecule has 2 unspecified atom stereocenters. The summed E-state index contributed by atoms with van der Waals surface area (Å²) >= 11 is 0.